The van der Waals surface area contributed by atoms with E-state index in [-0.39, 0.29) is 0 Å². The van der Waals surface area contributed by atoms with Gasteiger partial charge in [-0.2, -0.15) is 0 Å². The SMILES string of the molecule is NC(=O)Nc1ccc(-c2nc3c(c(N4CCOCC4)n2)CCN(c2ncccn2)C3)cc1. The number of anilines is 3. The van der Waals surface area contributed by atoms with Crippen molar-refractivity contribution in [1.29, 1.82) is 0 Å². The predicted molar refractivity (Wildman–Crippen MR) is 120 cm³/mol. The topological polar surface area (TPSA) is 122 Å². The van der Waals surface area contributed by atoms with Crippen LogP contribution < -0.4 is 20.9 Å². The lowest BCUT2D eigenvalue weighted by Gasteiger charge is -2.34. The molecule has 1 fully saturated rings. The third kappa shape index (κ3) is 4.17. The molecule has 1 aromatic carbocycles. The molecule has 0 spiro atoms. The summed E-state index contributed by atoms with van der Waals surface area (Å²) in [6, 6.07) is 8.58. The number of amides is 2. The molecule has 1 saturated heterocycles. The van der Waals surface area contributed by atoms with E-state index in [0.717, 1.165) is 43.1 Å². The normalized spacial score (nSPS) is 15.9. The summed E-state index contributed by atoms with van der Waals surface area (Å²) in [4.78, 5) is 34.2. The number of aromatic nitrogens is 4. The van der Waals surface area contributed by atoms with Gasteiger partial charge in [0.25, 0.3) is 0 Å². The first-order valence-electron chi connectivity index (χ1n) is 10.6. The molecule has 3 N–H and O–H groups in total. The molecule has 0 aliphatic carbocycles. The molecule has 2 amide bonds. The number of carbonyl (C=O) groups is 1. The fourth-order valence-corrected chi connectivity index (χ4v) is 4.05. The van der Waals surface area contributed by atoms with Crippen LogP contribution in [-0.4, -0.2) is 58.8 Å². The monoisotopic (exact) mass is 432 g/mol. The van der Waals surface area contributed by atoms with Gasteiger partial charge in [0.1, 0.15) is 5.82 Å². The lowest BCUT2D eigenvalue weighted by atomic mass is 10.0. The van der Waals surface area contributed by atoms with E-state index in [1.807, 2.05) is 18.2 Å². The van der Waals surface area contributed by atoms with Gasteiger partial charge in [-0.25, -0.2) is 24.7 Å². The minimum atomic E-state index is -0.597. The number of nitrogens with one attached hydrogen (secondary N) is 1. The Kier molecular flexibility index (Phi) is 5.51. The highest BCUT2D eigenvalue weighted by Crippen LogP contribution is 2.31. The number of fused-ring (bicyclic) bond motifs is 1. The number of primary amides is 1. The smallest absolute Gasteiger partial charge is 0.316 e. The van der Waals surface area contributed by atoms with Crippen LogP contribution in [0.2, 0.25) is 0 Å². The van der Waals surface area contributed by atoms with Crippen molar-refractivity contribution in [3.05, 3.63) is 54.0 Å². The Bertz CT molecular complexity index is 1100. The fourth-order valence-electron chi connectivity index (χ4n) is 4.05. The van der Waals surface area contributed by atoms with E-state index in [4.69, 9.17) is 20.4 Å². The molecular formula is C22H24N8O2. The van der Waals surface area contributed by atoms with Crippen LogP contribution in [0, 0.1) is 0 Å². The number of benzene rings is 1. The van der Waals surface area contributed by atoms with E-state index in [9.17, 15) is 4.79 Å². The number of hydrogen-bond acceptors (Lipinski definition) is 8. The molecule has 2 aliphatic heterocycles. The van der Waals surface area contributed by atoms with Crippen LogP contribution in [0.25, 0.3) is 11.4 Å². The van der Waals surface area contributed by atoms with Gasteiger partial charge >= 0.3 is 6.03 Å². The molecule has 5 rings (SSSR count). The molecule has 10 nitrogen and oxygen atoms in total. The first kappa shape index (κ1) is 20.1. The number of morpholine rings is 1. The average molecular weight is 432 g/mol. The largest absolute Gasteiger partial charge is 0.378 e. The van der Waals surface area contributed by atoms with Crippen molar-refractivity contribution in [3.63, 3.8) is 0 Å². The van der Waals surface area contributed by atoms with E-state index >= 15 is 0 Å². The quantitative estimate of drug-likeness (QED) is 0.640. The van der Waals surface area contributed by atoms with Gasteiger partial charge in [-0.05, 0) is 36.8 Å². The van der Waals surface area contributed by atoms with Gasteiger partial charge in [-0.3, -0.25) is 0 Å². The minimum absolute atomic E-state index is 0.597. The summed E-state index contributed by atoms with van der Waals surface area (Å²) >= 11 is 0. The minimum Gasteiger partial charge on any atom is -0.378 e. The number of urea groups is 1. The van der Waals surface area contributed by atoms with Crippen molar-refractivity contribution >= 4 is 23.5 Å². The summed E-state index contributed by atoms with van der Waals surface area (Å²) in [7, 11) is 0. The zero-order valence-corrected chi connectivity index (χ0v) is 17.6. The van der Waals surface area contributed by atoms with Crippen LogP contribution >= 0.6 is 0 Å². The molecule has 0 radical (unpaired) electrons. The number of ether oxygens (including phenoxy) is 1. The molecule has 2 aliphatic rings. The van der Waals surface area contributed by atoms with Gasteiger partial charge in [0, 0.05) is 48.8 Å². The van der Waals surface area contributed by atoms with Crippen molar-refractivity contribution in [2.24, 2.45) is 5.73 Å². The van der Waals surface area contributed by atoms with E-state index in [2.05, 4.69) is 25.1 Å². The molecule has 0 saturated carbocycles. The van der Waals surface area contributed by atoms with Crippen LogP contribution in [0.15, 0.2) is 42.7 Å². The summed E-state index contributed by atoms with van der Waals surface area (Å²) in [6.45, 7) is 4.40. The average Bonchev–Trinajstić information content (AvgIpc) is 2.84. The standard InChI is InChI=1S/C22H24N8O2/c23-21(31)26-16-4-2-15(3-5-16)19-27-18-14-30(22-24-7-1-8-25-22)9-6-17(18)20(28-19)29-10-12-32-13-11-29/h1-5,7-8H,6,9-14H2,(H3,23,26,31). The van der Waals surface area contributed by atoms with Gasteiger partial charge in [-0.15, -0.1) is 0 Å². The second-order valence-corrected chi connectivity index (χ2v) is 7.68. The number of rotatable bonds is 4. The van der Waals surface area contributed by atoms with E-state index in [1.165, 1.54) is 5.56 Å². The number of nitrogens with two attached hydrogens (primary N) is 1. The van der Waals surface area contributed by atoms with Crippen LogP contribution in [-0.2, 0) is 17.7 Å². The summed E-state index contributed by atoms with van der Waals surface area (Å²) in [5.41, 5.74) is 8.86. The molecule has 0 unspecified atom stereocenters. The predicted octanol–water partition coefficient (Wildman–Crippen LogP) is 1.82. The van der Waals surface area contributed by atoms with Crippen LogP contribution in [0.3, 0.4) is 0 Å². The molecule has 3 aromatic rings. The van der Waals surface area contributed by atoms with Gasteiger partial charge < -0.3 is 25.6 Å². The van der Waals surface area contributed by atoms with E-state index in [1.54, 1.807) is 24.5 Å². The maximum Gasteiger partial charge on any atom is 0.316 e. The molecule has 32 heavy (non-hydrogen) atoms. The molecule has 0 bridgehead atoms. The first-order valence-corrected chi connectivity index (χ1v) is 10.6. The Morgan fingerprint density at radius 3 is 2.47 bits per heavy atom. The first-order chi connectivity index (χ1) is 15.7. The summed E-state index contributed by atoms with van der Waals surface area (Å²) in [5.74, 6) is 2.32. The Morgan fingerprint density at radius 1 is 1.00 bits per heavy atom. The highest BCUT2D eigenvalue weighted by molar-refractivity contribution is 5.88. The molecule has 4 heterocycles. The van der Waals surface area contributed by atoms with Gasteiger partial charge in [0.15, 0.2) is 5.82 Å². The van der Waals surface area contributed by atoms with Crippen molar-refractivity contribution < 1.29 is 9.53 Å². The number of nitrogens with zero attached hydrogens (tertiary/aromatic N) is 6. The van der Waals surface area contributed by atoms with Crippen LogP contribution in [0.1, 0.15) is 11.3 Å². The number of carbonyl (C=O) groups excluding carboxylic acids is 1. The summed E-state index contributed by atoms with van der Waals surface area (Å²) in [5, 5.41) is 2.58. The van der Waals surface area contributed by atoms with Gasteiger partial charge in [-0.1, -0.05) is 0 Å². The Hall–Kier alpha value is -3.79. The highest BCUT2D eigenvalue weighted by Gasteiger charge is 2.27. The van der Waals surface area contributed by atoms with E-state index in [0.29, 0.717) is 37.2 Å². The summed E-state index contributed by atoms with van der Waals surface area (Å²) < 4.78 is 5.55. The van der Waals surface area contributed by atoms with Crippen molar-refractivity contribution in [2.75, 3.05) is 48.0 Å². The third-order valence-electron chi connectivity index (χ3n) is 5.60. The van der Waals surface area contributed by atoms with Gasteiger partial charge in [0.05, 0.1) is 25.5 Å². The molecule has 164 valence electrons. The lowest BCUT2D eigenvalue weighted by Crippen LogP contribution is -2.39. The Balaban J connectivity index is 1.52. The molecular weight excluding hydrogens is 408 g/mol. The maximum absolute atomic E-state index is 11.1. The van der Waals surface area contributed by atoms with Gasteiger partial charge in [0.2, 0.25) is 5.95 Å². The lowest BCUT2D eigenvalue weighted by molar-refractivity contribution is 0.122. The van der Waals surface area contributed by atoms with Crippen LogP contribution in [0.5, 0.6) is 0 Å². The second kappa shape index (κ2) is 8.75. The van der Waals surface area contributed by atoms with E-state index < -0.39 is 6.03 Å². The fraction of sp³-hybridized carbons (Fsp3) is 0.318. The maximum atomic E-state index is 11.1. The molecule has 10 heteroatoms. The molecule has 2 aromatic heterocycles. The Labute approximate surface area is 185 Å². The zero-order valence-electron chi connectivity index (χ0n) is 17.6. The molecule has 0 atom stereocenters. The van der Waals surface area contributed by atoms with Crippen molar-refractivity contribution in [2.45, 2.75) is 13.0 Å². The second-order valence-electron chi connectivity index (χ2n) is 7.68. The summed E-state index contributed by atoms with van der Waals surface area (Å²) in [6.07, 6.45) is 4.33. The zero-order chi connectivity index (χ0) is 21.9. The number of hydrogen-bond donors (Lipinski definition) is 2. The van der Waals surface area contributed by atoms with Crippen molar-refractivity contribution in [3.8, 4) is 11.4 Å². The van der Waals surface area contributed by atoms with Crippen LogP contribution in [0.4, 0.5) is 22.2 Å². The van der Waals surface area contributed by atoms with Crippen molar-refractivity contribution in [1.82, 2.24) is 19.9 Å². The third-order valence-corrected chi connectivity index (χ3v) is 5.60. The Morgan fingerprint density at radius 2 is 1.75 bits per heavy atom. The highest BCUT2D eigenvalue weighted by atomic mass is 16.5.